The Morgan fingerprint density at radius 1 is 1.06 bits per heavy atom. The van der Waals surface area contributed by atoms with Gasteiger partial charge in [-0.1, -0.05) is 31.2 Å². The van der Waals surface area contributed by atoms with Gasteiger partial charge in [0, 0.05) is 36.6 Å². The van der Waals surface area contributed by atoms with Crippen LogP contribution in [0.4, 0.5) is 5.00 Å². The molecule has 5 rings (SSSR count). The smallest absolute Gasteiger partial charge is 0.256 e. The molecule has 0 radical (unpaired) electrons. The van der Waals surface area contributed by atoms with Crippen molar-refractivity contribution in [2.75, 3.05) is 25.0 Å². The lowest BCUT2D eigenvalue weighted by atomic mass is 10.0. The van der Waals surface area contributed by atoms with Crippen LogP contribution in [-0.2, 0) is 36.0 Å². The molecule has 0 spiro atoms. The van der Waals surface area contributed by atoms with Crippen LogP contribution in [0.3, 0.4) is 0 Å². The number of nitrogens with zero attached hydrogens (tertiary/aromatic N) is 3. The first-order chi connectivity index (χ1) is 17.4. The molecular weight excluding hydrogens is 492 g/mol. The Morgan fingerprint density at radius 2 is 1.81 bits per heavy atom. The van der Waals surface area contributed by atoms with Gasteiger partial charge in [0.05, 0.1) is 10.5 Å². The van der Waals surface area contributed by atoms with Crippen molar-refractivity contribution in [3.05, 3.63) is 81.2 Å². The molecule has 36 heavy (non-hydrogen) atoms. The molecule has 2 aliphatic heterocycles. The van der Waals surface area contributed by atoms with Gasteiger partial charge in [-0.15, -0.1) is 11.3 Å². The fourth-order valence-electron chi connectivity index (χ4n) is 4.95. The number of amides is 1. The summed E-state index contributed by atoms with van der Waals surface area (Å²) in [5.41, 5.74) is 4.13. The molecule has 7 nitrogen and oxygen atoms in total. The molecule has 0 bridgehead atoms. The number of carbonyl (C=O) groups is 1. The molecule has 2 aromatic carbocycles. The predicted octanol–water partition coefficient (Wildman–Crippen LogP) is 4.39. The van der Waals surface area contributed by atoms with Crippen LogP contribution >= 0.6 is 11.3 Å². The number of sulfonamides is 1. The summed E-state index contributed by atoms with van der Waals surface area (Å²) in [6.45, 7) is 5.65. The van der Waals surface area contributed by atoms with Gasteiger partial charge in [0.15, 0.2) is 0 Å². The van der Waals surface area contributed by atoms with Gasteiger partial charge in [0.2, 0.25) is 10.0 Å². The summed E-state index contributed by atoms with van der Waals surface area (Å²) < 4.78 is 27.9. The first-order valence-electron chi connectivity index (χ1n) is 12.2. The molecule has 2 aliphatic rings. The lowest BCUT2D eigenvalue weighted by molar-refractivity contribution is 0.102. The molecule has 1 amide bonds. The van der Waals surface area contributed by atoms with Crippen LogP contribution in [0.15, 0.2) is 53.4 Å². The quantitative estimate of drug-likeness (QED) is 0.520. The average molecular weight is 521 g/mol. The maximum absolute atomic E-state index is 13.2. The number of hydrogen-bond donors (Lipinski definition) is 1. The summed E-state index contributed by atoms with van der Waals surface area (Å²) in [6, 6.07) is 16.2. The molecule has 0 saturated carbocycles. The summed E-state index contributed by atoms with van der Waals surface area (Å²) in [7, 11) is -3.67. The monoisotopic (exact) mass is 520 g/mol. The topological polar surface area (TPSA) is 93.5 Å². The van der Waals surface area contributed by atoms with E-state index in [9.17, 15) is 18.5 Å². The average Bonchev–Trinajstić information content (AvgIpc) is 3.24. The number of rotatable bonds is 6. The Labute approximate surface area is 216 Å². The Morgan fingerprint density at radius 3 is 2.53 bits per heavy atom. The van der Waals surface area contributed by atoms with Crippen molar-refractivity contribution >= 4 is 32.3 Å². The highest BCUT2D eigenvalue weighted by Crippen LogP contribution is 2.37. The fourth-order valence-corrected chi connectivity index (χ4v) is 7.60. The molecule has 0 aliphatic carbocycles. The van der Waals surface area contributed by atoms with Crippen molar-refractivity contribution in [3.8, 4) is 6.07 Å². The summed E-state index contributed by atoms with van der Waals surface area (Å²) >= 11 is 1.46. The predicted molar refractivity (Wildman–Crippen MR) is 140 cm³/mol. The van der Waals surface area contributed by atoms with Crippen LogP contribution in [0, 0.1) is 11.3 Å². The molecule has 9 heteroatoms. The SMILES string of the molecule is CCCN1CCc2c(sc(NC(=O)c3ccc(S(=O)(=O)N4CCc5ccccc5C4)cc3)c2C#N)C1. The molecule has 1 aromatic heterocycles. The first-order valence-corrected chi connectivity index (χ1v) is 14.4. The van der Waals surface area contributed by atoms with Crippen molar-refractivity contribution in [1.29, 1.82) is 5.26 Å². The second kappa shape index (κ2) is 10.1. The van der Waals surface area contributed by atoms with E-state index in [0.717, 1.165) is 48.5 Å². The third kappa shape index (κ3) is 4.70. The minimum Gasteiger partial charge on any atom is -0.312 e. The van der Waals surface area contributed by atoms with E-state index in [1.807, 2.05) is 24.3 Å². The Kier molecular flexibility index (Phi) is 6.95. The van der Waals surface area contributed by atoms with Gasteiger partial charge in [-0.3, -0.25) is 9.69 Å². The van der Waals surface area contributed by atoms with Crippen LogP contribution in [0.2, 0.25) is 0 Å². The molecule has 0 fully saturated rings. The highest BCUT2D eigenvalue weighted by atomic mass is 32.2. The molecule has 0 unspecified atom stereocenters. The largest absolute Gasteiger partial charge is 0.312 e. The minimum atomic E-state index is -3.67. The number of benzene rings is 2. The molecule has 186 valence electrons. The van der Waals surface area contributed by atoms with Gasteiger partial charge in [-0.2, -0.15) is 9.57 Å². The summed E-state index contributed by atoms with van der Waals surface area (Å²) in [4.78, 5) is 16.6. The standard InChI is InChI=1S/C27H28N4O3S2/c1-2-13-30-14-12-23-24(16-28)27(35-25(23)18-30)29-26(32)20-7-9-22(10-8-20)36(33,34)31-15-11-19-5-3-4-6-21(19)17-31/h3-10H,2,11-15,17-18H2,1H3,(H,29,32). The highest BCUT2D eigenvalue weighted by molar-refractivity contribution is 7.89. The molecule has 1 N–H and O–H groups in total. The first kappa shape index (κ1) is 24.7. The third-order valence-corrected chi connectivity index (χ3v) is 9.86. The zero-order valence-electron chi connectivity index (χ0n) is 20.2. The number of hydrogen-bond acceptors (Lipinski definition) is 6. The van der Waals surface area contributed by atoms with Gasteiger partial charge >= 0.3 is 0 Å². The zero-order chi connectivity index (χ0) is 25.3. The normalized spacial score (nSPS) is 16.1. The second-order valence-electron chi connectivity index (χ2n) is 9.18. The van der Waals surface area contributed by atoms with Crippen molar-refractivity contribution in [1.82, 2.24) is 9.21 Å². The Balaban J connectivity index is 1.31. The van der Waals surface area contributed by atoms with Gasteiger partial charge in [-0.05, 0) is 66.8 Å². The van der Waals surface area contributed by atoms with Crippen molar-refractivity contribution < 1.29 is 13.2 Å². The van der Waals surface area contributed by atoms with Crippen molar-refractivity contribution in [2.45, 2.75) is 44.2 Å². The molecule has 0 saturated heterocycles. The number of thiophene rings is 1. The zero-order valence-corrected chi connectivity index (χ0v) is 21.8. The number of carbonyl (C=O) groups excluding carboxylic acids is 1. The van der Waals surface area contributed by atoms with Crippen LogP contribution in [0.5, 0.6) is 0 Å². The summed E-state index contributed by atoms with van der Waals surface area (Å²) in [6.07, 6.45) is 2.56. The van der Waals surface area contributed by atoms with E-state index in [1.165, 1.54) is 45.5 Å². The van der Waals surface area contributed by atoms with Gasteiger partial charge < -0.3 is 5.32 Å². The van der Waals surface area contributed by atoms with E-state index in [4.69, 9.17) is 0 Å². The molecule has 3 aromatic rings. The van der Waals surface area contributed by atoms with Crippen LogP contribution in [0.25, 0.3) is 0 Å². The van der Waals surface area contributed by atoms with Crippen LogP contribution in [-0.4, -0.2) is 43.2 Å². The van der Waals surface area contributed by atoms with Crippen LogP contribution < -0.4 is 5.32 Å². The second-order valence-corrected chi connectivity index (χ2v) is 12.2. The van der Waals surface area contributed by atoms with Crippen molar-refractivity contribution in [2.24, 2.45) is 0 Å². The van der Waals surface area contributed by atoms with Gasteiger partial charge in [-0.25, -0.2) is 8.42 Å². The maximum Gasteiger partial charge on any atom is 0.256 e. The number of nitrogens with one attached hydrogen (secondary N) is 1. The Bertz CT molecular complexity index is 1440. The lowest BCUT2D eigenvalue weighted by Crippen LogP contribution is -2.35. The van der Waals surface area contributed by atoms with E-state index >= 15 is 0 Å². The highest BCUT2D eigenvalue weighted by Gasteiger charge is 2.29. The van der Waals surface area contributed by atoms with Gasteiger partial charge in [0.25, 0.3) is 5.91 Å². The number of fused-ring (bicyclic) bond motifs is 2. The van der Waals surface area contributed by atoms with E-state index in [-0.39, 0.29) is 10.8 Å². The molecular formula is C27H28N4O3S2. The number of nitriles is 1. The lowest BCUT2D eigenvalue weighted by Gasteiger charge is -2.28. The minimum absolute atomic E-state index is 0.166. The maximum atomic E-state index is 13.2. The fraction of sp³-hybridized carbons (Fsp3) is 0.333. The van der Waals surface area contributed by atoms with E-state index in [2.05, 4.69) is 23.2 Å². The van der Waals surface area contributed by atoms with E-state index in [1.54, 1.807) is 0 Å². The summed E-state index contributed by atoms with van der Waals surface area (Å²) in [5, 5.41) is 13.2. The van der Waals surface area contributed by atoms with E-state index < -0.39 is 10.0 Å². The van der Waals surface area contributed by atoms with Gasteiger partial charge in [0.1, 0.15) is 11.1 Å². The summed E-state index contributed by atoms with van der Waals surface area (Å²) in [5.74, 6) is -0.355. The van der Waals surface area contributed by atoms with Crippen molar-refractivity contribution in [3.63, 3.8) is 0 Å². The third-order valence-electron chi connectivity index (χ3n) is 6.86. The Hall–Kier alpha value is -3.03. The van der Waals surface area contributed by atoms with Crippen LogP contribution in [0.1, 0.15) is 50.8 Å². The molecule has 0 atom stereocenters. The number of anilines is 1. The van der Waals surface area contributed by atoms with E-state index in [0.29, 0.717) is 35.6 Å². The molecule has 3 heterocycles.